The topological polar surface area (TPSA) is 59.3 Å². The summed E-state index contributed by atoms with van der Waals surface area (Å²) in [5.74, 6) is 0.478. The van der Waals surface area contributed by atoms with Gasteiger partial charge in [-0.1, -0.05) is 12.6 Å². The fourth-order valence-electron chi connectivity index (χ4n) is 1.49. The van der Waals surface area contributed by atoms with Crippen molar-refractivity contribution < 1.29 is 4.79 Å². The number of pyridine rings is 1. The highest BCUT2D eigenvalue weighted by Crippen LogP contribution is 2.11. The minimum Gasteiger partial charge on any atom is -0.343 e. The lowest BCUT2D eigenvalue weighted by atomic mass is 10.3. The zero-order valence-corrected chi connectivity index (χ0v) is 8.92. The molecule has 0 aromatic carbocycles. The predicted molar refractivity (Wildman–Crippen MR) is 59.7 cm³/mol. The van der Waals surface area contributed by atoms with E-state index in [-0.39, 0.29) is 11.9 Å². The van der Waals surface area contributed by atoms with Gasteiger partial charge in [-0.2, -0.15) is 0 Å². The Hall–Kier alpha value is -2.17. The predicted octanol–water partition coefficient (Wildman–Crippen LogP) is 1.09. The summed E-state index contributed by atoms with van der Waals surface area (Å²) in [6, 6.07) is 5.43. The summed E-state index contributed by atoms with van der Waals surface area (Å²) in [7, 11) is 0. The van der Waals surface area contributed by atoms with Crippen molar-refractivity contribution in [2.24, 2.45) is 0 Å². The van der Waals surface area contributed by atoms with Crippen LogP contribution >= 0.6 is 0 Å². The van der Waals surface area contributed by atoms with Gasteiger partial charge in [0.05, 0.1) is 6.04 Å². The van der Waals surface area contributed by atoms with E-state index in [2.05, 4.69) is 22.1 Å². The Balaban J connectivity index is 2.32. The Labute approximate surface area is 92.8 Å². The highest BCUT2D eigenvalue weighted by molar-refractivity contribution is 5.87. The number of hydrogen-bond donors (Lipinski definition) is 1. The minimum absolute atomic E-state index is 0.206. The van der Waals surface area contributed by atoms with Crippen LogP contribution in [-0.2, 0) is 4.79 Å². The molecule has 2 aromatic rings. The third-order valence-electron chi connectivity index (χ3n) is 2.27. The molecule has 0 bridgehead atoms. The van der Waals surface area contributed by atoms with Crippen LogP contribution in [0.2, 0.25) is 0 Å². The van der Waals surface area contributed by atoms with Crippen molar-refractivity contribution in [3.8, 4) is 0 Å². The second-order valence-electron chi connectivity index (χ2n) is 3.42. The monoisotopic (exact) mass is 216 g/mol. The molecule has 0 radical (unpaired) electrons. The van der Waals surface area contributed by atoms with Crippen molar-refractivity contribution in [2.75, 3.05) is 0 Å². The van der Waals surface area contributed by atoms with Crippen LogP contribution in [0.3, 0.4) is 0 Å². The number of rotatable bonds is 3. The highest BCUT2D eigenvalue weighted by atomic mass is 16.1. The van der Waals surface area contributed by atoms with E-state index in [1.54, 1.807) is 0 Å². The maximum atomic E-state index is 11.2. The highest BCUT2D eigenvalue weighted by Gasteiger charge is 2.13. The number of hydrogen-bond acceptors (Lipinski definition) is 3. The number of amides is 1. The smallest absolute Gasteiger partial charge is 0.243 e. The lowest BCUT2D eigenvalue weighted by Gasteiger charge is -2.10. The zero-order valence-electron chi connectivity index (χ0n) is 8.92. The molecule has 2 aromatic heterocycles. The first-order valence-electron chi connectivity index (χ1n) is 4.95. The Kier molecular flexibility index (Phi) is 2.68. The van der Waals surface area contributed by atoms with Crippen LogP contribution in [0, 0.1) is 0 Å². The Morgan fingerprint density at radius 2 is 2.38 bits per heavy atom. The minimum atomic E-state index is -0.222. The summed E-state index contributed by atoms with van der Waals surface area (Å²) >= 11 is 0. The van der Waals surface area contributed by atoms with Crippen LogP contribution < -0.4 is 5.32 Å². The standard InChI is InChI=1S/C11H12N4O/c1-3-10(16)12-8(2)11-14-13-9-6-4-5-7-15(9)11/h3-8H,1H2,2H3,(H,12,16). The van der Waals surface area contributed by atoms with Gasteiger partial charge in [-0.15, -0.1) is 10.2 Å². The van der Waals surface area contributed by atoms with Gasteiger partial charge in [0, 0.05) is 6.20 Å². The van der Waals surface area contributed by atoms with E-state index in [0.717, 1.165) is 5.65 Å². The van der Waals surface area contributed by atoms with Crippen LogP contribution in [0.5, 0.6) is 0 Å². The molecule has 1 unspecified atom stereocenters. The lowest BCUT2D eigenvalue weighted by molar-refractivity contribution is -0.117. The van der Waals surface area contributed by atoms with Gasteiger partial charge >= 0.3 is 0 Å². The number of carbonyl (C=O) groups is 1. The maximum Gasteiger partial charge on any atom is 0.243 e. The summed E-state index contributed by atoms with van der Waals surface area (Å²) in [5, 5.41) is 10.8. The fourth-order valence-corrected chi connectivity index (χ4v) is 1.49. The zero-order chi connectivity index (χ0) is 11.5. The molecule has 0 aliphatic heterocycles. The van der Waals surface area contributed by atoms with Gasteiger partial charge in [0.15, 0.2) is 11.5 Å². The molecule has 2 rings (SSSR count). The van der Waals surface area contributed by atoms with E-state index in [4.69, 9.17) is 0 Å². The molecule has 5 nitrogen and oxygen atoms in total. The number of nitrogens with zero attached hydrogens (tertiary/aromatic N) is 3. The second-order valence-corrected chi connectivity index (χ2v) is 3.42. The number of fused-ring (bicyclic) bond motifs is 1. The SMILES string of the molecule is C=CC(=O)NC(C)c1nnc2ccccn12. The summed E-state index contributed by atoms with van der Waals surface area (Å²) in [6.07, 6.45) is 3.10. The van der Waals surface area contributed by atoms with E-state index in [9.17, 15) is 4.79 Å². The van der Waals surface area contributed by atoms with Crippen molar-refractivity contribution in [1.82, 2.24) is 19.9 Å². The second kappa shape index (κ2) is 4.14. The molecule has 0 fully saturated rings. The van der Waals surface area contributed by atoms with E-state index < -0.39 is 0 Å². The molecule has 1 amide bonds. The third-order valence-corrected chi connectivity index (χ3v) is 2.27. The maximum absolute atomic E-state index is 11.2. The molecule has 0 saturated heterocycles. The Morgan fingerprint density at radius 3 is 3.12 bits per heavy atom. The average molecular weight is 216 g/mol. The summed E-state index contributed by atoms with van der Waals surface area (Å²) < 4.78 is 1.84. The molecule has 0 saturated carbocycles. The lowest BCUT2D eigenvalue weighted by Crippen LogP contribution is -2.26. The van der Waals surface area contributed by atoms with Crippen LogP contribution in [0.1, 0.15) is 18.8 Å². The molecule has 0 spiro atoms. The molecule has 2 heterocycles. The van der Waals surface area contributed by atoms with Crippen molar-refractivity contribution in [1.29, 1.82) is 0 Å². The van der Waals surface area contributed by atoms with Gasteiger partial charge in [0.2, 0.25) is 5.91 Å². The largest absolute Gasteiger partial charge is 0.343 e. The molecule has 1 atom stereocenters. The number of nitrogens with one attached hydrogen (secondary N) is 1. The number of aromatic nitrogens is 3. The molecule has 5 heteroatoms. The van der Waals surface area contributed by atoms with Gasteiger partial charge < -0.3 is 5.32 Å². The Morgan fingerprint density at radius 1 is 1.56 bits per heavy atom. The first kappa shape index (κ1) is 10.4. The molecule has 1 N–H and O–H groups in total. The van der Waals surface area contributed by atoms with Gasteiger partial charge in [-0.25, -0.2) is 0 Å². The van der Waals surface area contributed by atoms with Crippen molar-refractivity contribution in [2.45, 2.75) is 13.0 Å². The van der Waals surface area contributed by atoms with Gasteiger partial charge in [0.25, 0.3) is 0 Å². The first-order valence-corrected chi connectivity index (χ1v) is 4.95. The van der Waals surface area contributed by atoms with E-state index >= 15 is 0 Å². The molecule has 16 heavy (non-hydrogen) atoms. The quantitative estimate of drug-likeness (QED) is 0.781. The molecule has 0 aliphatic carbocycles. The van der Waals surface area contributed by atoms with Crippen LogP contribution in [-0.4, -0.2) is 20.5 Å². The number of carbonyl (C=O) groups excluding carboxylic acids is 1. The summed E-state index contributed by atoms with van der Waals surface area (Å²) in [5.41, 5.74) is 0.761. The van der Waals surface area contributed by atoms with E-state index in [0.29, 0.717) is 5.82 Å². The van der Waals surface area contributed by atoms with Crippen LogP contribution in [0.15, 0.2) is 37.1 Å². The molecular weight excluding hydrogens is 204 g/mol. The normalized spacial score (nSPS) is 12.3. The van der Waals surface area contributed by atoms with Crippen LogP contribution in [0.4, 0.5) is 0 Å². The molecule has 82 valence electrons. The van der Waals surface area contributed by atoms with E-state index in [1.165, 1.54) is 6.08 Å². The van der Waals surface area contributed by atoms with Crippen LogP contribution in [0.25, 0.3) is 5.65 Å². The molecular formula is C11H12N4O. The molecule has 0 aliphatic rings. The van der Waals surface area contributed by atoms with Gasteiger partial charge in [-0.05, 0) is 25.1 Å². The van der Waals surface area contributed by atoms with Crippen molar-refractivity contribution in [3.63, 3.8) is 0 Å². The fraction of sp³-hybridized carbons (Fsp3) is 0.182. The summed E-state index contributed by atoms with van der Waals surface area (Å²) in [4.78, 5) is 11.2. The third kappa shape index (κ3) is 1.79. The van der Waals surface area contributed by atoms with Crippen molar-refractivity contribution >= 4 is 11.6 Å². The summed E-state index contributed by atoms with van der Waals surface area (Å²) in [6.45, 7) is 5.25. The van der Waals surface area contributed by atoms with Gasteiger partial charge in [0.1, 0.15) is 0 Å². The van der Waals surface area contributed by atoms with E-state index in [1.807, 2.05) is 35.7 Å². The Bertz CT molecular complexity index is 532. The first-order chi connectivity index (χ1) is 7.72. The average Bonchev–Trinajstić information content (AvgIpc) is 2.72. The van der Waals surface area contributed by atoms with Gasteiger partial charge in [-0.3, -0.25) is 9.20 Å². The van der Waals surface area contributed by atoms with Crippen molar-refractivity contribution in [3.05, 3.63) is 42.9 Å².